The Morgan fingerprint density at radius 3 is 2.53 bits per heavy atom. The molecule has 2 fully saturated rings. The summed E-state index contributed by atoms with van der Waals surface area (Å²) in [5.41, 5.74) is 4.23. The van der Waals surface area contributed by atoms with E-state index in [2.05, 4.69) is 20.5 Å². The number of aryl methyl sites for hydroxylation is 1. The lowest BCUT2D eigenvalue weighted by Gasteiger charge is -2.28. The number of aromatic nitrogens is 1. The topological polar surface area (TPSA) is 97.5 Å². The smallest absolute Gasteiger partial charge is 0.256 e. The van der Waals surface area contributed by atoms with Crippen LogP contribution in [0.15, 0.2) is 36.4 Å². The fraction of sp³-hybridized carbons (Fsp3) is 0.364. The molecule has 3 N–H and O–H groups in total. The molecular formula is C33H35F2N5O3. The van der Waals surface area contributed by atoms with E-state index in [1.165, 1.54) is 18.9 Å². The number of aromatic amines is 1. The van der Waals surface area contributed by atoms with Gasteiger partial charge >= 0.3 is 0 Å². The predicted molar refractivity (Wildman–Crippen MR) is 160 cm³/mol. The van der Waals surface area contributed by atoms with Crippen LogP contribution in [-0.2, 0) is 11.3 Å². The van der Waals surface area contributed by atoms with Crippen molar-refractivity contribution in [2.75, 3.05) is 31.5 Å². The number of nitrogens with zero attached hydrogens (tertiary/aromatic N) is 2. The van der Waals surface area contributed by atoms with E-state index in [0.717, 1.165) is 62.4 Å². The van der Waals surface area contributed by atoms with Crippen LogP contribution in [0.25, 0.3) is 11.6 Å². The molecule has 0 bridgehead atoms. The van der Waals surface area contributed by atoms with Crippen molar-refractivity contribution in [1.29, 1.82) is 0 Å². The standard InChI is InChI=1S/C33H35F2N5O3/c1-19-29(37-20(2)30(19)33(43)40-14-6-7-22(40)18-39-12-3-4-13-39)16-24-23-15-21(10-11-28(23)38-32(24)42)31(41)36-17-25-26(34)8-5-9-27(25)35/h5,8-11,15-16,22,37H,3-4,6-7,12-14,17-18H2,1-2H3,(H,36,41)(H,38,42). The molecule has 1 atom stereocenters. The van der Waals surface area contributed by atoms with Gasteiger partial charge < -0.3 is 25.4 Å². The Kier molecular flexibility index (Phi) is 7.87. The molecule has 2 aromatic carbocycles. The van der Waals surface area contributed by atoms with Crippen LogP contribution in [0.5, 0.6) is 0 Å². The number of anilines is 1. The summed E-state index contributed by atoms with van der Waals surface area (Å²) in [4.78, 5) is 47.5. The molecule has 224 valence electrons. The van der Waals surface area contributed by atoms with Gasteiger partial charge in [-0.2, -0.15) is 0 Å². The quantitative estimate of drug-likeness (QED) is 0.338. The minimum Gasteiger partial charge on any atom is -0.358 e. The van der Waals surface area contributed by atoms with E-state index in [0.29, 0.717) is 28.1 Å². The van der Waals surface area contributed by atoms with Gasteiger partial charge in [0.25, 0.3) is 17.7 Å². The molecule has 43 heavy (non-hydrogen) atoms. The first-order valence-corrected chi connectivity index (χ1v) is 14.8. The summed E-state index contributed by atoms with van der Waals surface area (Å²) in [6, 6.07) is 8.49. The molecule has 4 heterocycles. The Morgan fingerprint density at radius 2 is 1.79 bits per heavy atom. The van der Waals surface area contributed by atoms with E-state index in [-0.39, 0.29) is 35.5 Å². The third kappa shape index (κ3) is 5.59. The number of carbonyl (C=O) groups is 3. The van der Waals surface area contributed by atoms with Crippen LogP contribution in [0.3, 0.4) is 0 Å². The largest absolute Gasteiger partial charge is 0.358 e. The summed E-state index contributed by atoms with van der Waals surface area (Å²) in [6.07, 6.45) is 6.13. The van der Waals surface area contributed by atoms with Gasteiger partial charge in [0, 0.05) is 59.4 Å². The lowest BCUT2D eigenvalue weighted by Crippen LogP contribution is -2.42. The van der Waals surface area contributed by atoms with E-state index < -0.39 is 17.5 Å². The first-order valence-electron chi connectivity index (χ1n) is 14.8. The zero-order chi connectivity index (χ0) is 30.2. The van der Waals surface area contributed by atoms with Crippen molar-refractivity contribution < 1.29 is 23.2 Å². The Hall–Kier alpha value is -4.31. The maximum Gasteiger partial charge on any atom is 0.256 e. The maximum atomic E-state index is 14.0. The number of rotatable bonds is 7. The zero-order valence-corrected chi connectivity index (χ0v) is 24.4. The SMILES string of the molecule is Cc1[nH]c(C=C2C(=O)Nc3ccc(C(=O)NCc4c(F)cccc4F)cc32)c(C)c1C(=O)N1CCCC1CN1CCCC1. The molecule has 8 nitrogen and oxygen atoms in total. The zero-order valence-electron chi connectivity index (χ0n) is 24.4. The normalized spacial score (nSPS) is 19.3. The molecule has 0 aliphatic carbocycles. The molecule has 6 rings (SSSR count). The second-order valence-electron chi connectivity index (χ2n) is 11.6. The van der Waals surface area contributed by atoms with Crippen molar-refractivity contribution >= 4 is 35.1 Å². The van der Waals surface area contributed by atoms with Crippen molar-refractivity contribution in [2.24, 2.45) is 0 Å². The number of amides is 3. The Balaban J connectivity index is 1.23. The van der Waals surface area contributed by atoms with Crippen molar-refractivity contribution in [1.82, 2.24) is 20.1 Å². The molecule has 3 aliphatic rings. The fourth-order valence-electron chi connectivity index (χ4n) is 6.53. The van der Waals surface area contributed by atoms with Crippen LogP contribution >= 0.6 is 0 Å². The van der Waals surface area contributed by atoms with E-state index in [1.54, 1.807) is 24.3 Å². The van der Waals surface area contributed by atoms with Crippen LogP contribution in [0.2, 0.25) is 0 Å². The average Bonchev–Trinajstić information content (AvgIpc) is 3.77. The molecule has 3 aromatic rings. The molecule has 3 aliphatic heterocycles. The third-order valence-electron chi connectivity index (χ3n) is 8.84. The maximum absolute atomic E-state index is 14.0. The number of H-pyrrole nitrogens is 1. The van der Waals surface area contributed by atoms with Crippen LogP contribution < -0.4 is 10.6 Å². The molecule has 2 saturated heterocycles. The van der Waals surface area contributed by atoms with Crippen LogP contribution in [0.4, 0.5) is 14.5 Å². The van der Waals surface area contributed by atoms with Crippen LogP contribution in [-0.4, -0.2) is 64.7 Å². The number of hydrogen-bond donors (Lipinski definition) is 3. The molecule has 0 spiro atoms. The highest BCUT2D eigenvalue weighted by atomic mass is 19.1. The van der Waals surface area contributed by atoms with Gasteiger partial charge in [-0.1, -0.05) is 6.07 Å². The predicted octanol–water partition coefficient (Wildman–Crippen LogP) is 5.03. The molecular weight excluding hydrogens is 552 g/mol. The Labute approximate surface area is 249 Å². The molecule has 0 radical (unpaired) electrons. The summed E-state index contributed by atoms with van der Waals surface area (Å²) in [5.74, 6) is -2.32. The van der Waals surface area contributed by atoms with Gasteiger partial charge in [-0.15, -0.1) is 0 Å². The lowest BCUT2D eigenvalue weighted by molar-refractivity contribution is -0.110. The van der Waals surface area contributed by atoms with Gasteiger partial charge in [0.15, 0.2) is 0 Å². The summed E-state index contributed by atoms with van der Waals surface area (Å²) in [7, 11) is 0. The molecule has 3 amide bonds. The minimum absolute atomic E-state index is 0.0131. The van der Waals surface area contributed by atoms with Crippen molar-refractivity contribution in [2.45, 2.75) is 52.1 Å². The van der Waals surface area contributed by atoms with Crippen molar-refractivity contribution in [3.8, 4) is 0 Å². The number of likely N-dealkylation sites (tertiary alicyclic amines) is 2. The number of nitrogens with one attached hydrogen (secondary N) is 3. The van der Waals surface area contributed by atoms with Gasteiger partial charge in [0.2, 0.25) is 0 Å². The summed E-state index contributed by atoms with van der Waals surface area (Å²) >= 11 is 0. The van der Waals surface area contributed by atoms with E-state index in [9.17, 15) is 23.2 Å². The first-order chi connectivity index (χ1) is 20.7. The summed E-state index contributed by atoms with van der Waals surface area (Å²) in [5, 5.41) is 5.38. The Morgan fingerprint density at radius 1 is 1.05 bits per heavy atom. The number of halogens is 2. The fourth-order valence-corrected chi connectivity index (χ4v) is 6.53. The van der Waals surface area contributed by atoms with E-state index in [1.807, 2.05) is 18.7 Å². The lowest BCUT2D eigenvalue weighted by atomic mass is 10.0. The van der Waals surface area contributed by atoms with Gasteiger partial charge in [-0.05, 0) is 94.6 Å². The molecule has 10 heteroatoms. The van der Waals surface area contributed by atoms with Crippen molar-refractivity contribution in [3.05, 3.63) is 87.2 Å². The highest BCUT2D eigenvalue weighted by Crippen LogP contribution is 2.35. The molecule has 1 unspecified atom stereocenters. The summed E-state index contributed by atoms with van der Waals surface area (Å²) < 4.78 is 28.0. The molecule has 0 saturated carbocycles. The number of fused-ring (bicyclic) bond motifs is 1. The second kappa shape index (κ2) is 11.8. The van der Waals surface area contributed by atoms with E-state index in [4.69, 9.17) is 0 Å². The van der Waals surface area contributed by atoms with Gasteiger partial charge in [0.1, 0.15) is 11.6 Å². The molecule has 1 aromatic heterocycles. The summed E-state index contributed by atoms with van der Waals surface area (Å²) in [6.45, 7) is 7.27. The average molecular weight is 588 g/mol. The van der Waals surface area contributed by atoms with E-state index >= 15 is 0 Å². The highest BCUT2D eigenvalue weighted by Gasteiger charge is 2.34. The minimum atomic E-state index is -0.740. The van der Waals surface area contributed by atoms with Gasteiger partial charge in [-0.25, -0.2) is 8.78 Å². The number of carbonyl (C=O) groups excluding carboxylic acids is 3. The van der Waals surface area contributed by atoms with Gasteiger partial charge in [-0.3, -0.25) is 14.4 Å². The third-order valence-corrected chi connectivity index (χ3v) is 8.84. The second-order valence-corrected chi connectivity index (χ2v) is 11.6. The number of hydrogen-bond acceptors (Lipinski definition) is 4. The monoisotopic (exact) mass is 587 g/mol. The van der Waals surface area contributed by atoms with Crippen molar-refractivity contribution in [3.63, 3.8) is 0 Å². The van der Waals surface area contributed by atoms with Crippen LogP contribution in [0, 0.1) is 25.5 Å². The highest BCUT2D eigenvalue weighted by molar-refractivity contribution is 6.35. The first kappa shape index (κ1) is 28.8. The number of benzene rings is 2. The van der Waals surface area contributed by atoms with Gasteiger partial charge in [0.05, 0.1) is 11.1 Å². The van der Waals surface area contributed by atoms with Crippen LogP contribution in [0.1, 0.15) is 74.5 Å². The Bertz CT molecular complexity index is 1620.